The average Bonchev–Trinajstić information content (AvgIpc) is 2.39. The molecule has 19 heavy (non-hydrogen) atoms. The SMILES string of the molecule is CCCCCC(C)NC(C)c1ccc(O)c(OC)c1. The summed E-state index contributed by atoms with van der Waals surface area (Å²) in [6, 6.07) is 6.28. The molecule has 0 aliphatic rings. The van der Waals surface area contributed by atoms with Crippen molar-refractivity contribution in [1.82, 2.24) is 5.32 Å². The predicted octanol–water partition coefficient (Wildman–Crippen LogP) is 4.02. The summed E-state index contributed by atoms with van der Waals surface area (Å²) in [6.45, 7) is 6.59. The van der Waals surface area contributed by atoms with Gasteiger partial charge in [-0.2, -0.15) is 0 Å². The summed E-state index contributed by atoms with van der Waals surface area (Å²) >= 11 is 0. The molecular weight excluding hydrogens is 238 g/mol. The average molecular weight is 265 g/mol. The van der Waals surface area contributed by atoms with Crippen LogP contribution in [0.2, 0.25) is 0 Å². The molecule has 108 valence electrons. The van der Waals surface area contributed by atoms with E-state index in [-0.39, 0.29) is 11.8 Å². The van der Waals surface area contributed by atoms with Gasteiger partial charge in [-0.3, -0.25) is 0 Å². The van der Waals surface area contributed by atoms with E-state index in [1.54, 1.807) is 13.2 Å². The summed E-state index contributed by atoms with van der Waals surface area (Å²) in [4.78, 5) is 0. The van der Waals surface area contributed by atoms with Crippen LogP contribution in [0, 0.1) is 0 Å². The molecule has 0 amide bonds. The van der Waals surface area contributed by atoms with Crippen LogP contribution in [0.4, 0.5) is 0 Å². The molecule has 0 radical (unpaired) electrons. The molecule has 0 aliphatic heterocycles. The van der Waals surface area contributed by atoms with Crippen LogP contribution in [0.25, 0.3) is 0 Å². The van der Waals surface area contributed by atoms with Gasteiger partial charge in [0, 0.05) is 12.1 Å². The third kappa shape index (κ3) is 5.11. The van der Waals surface area contributed by atoms with Gasteiger partial charge in [-0.05, 0) is 38.0 Å². The minimum atomic E-state index is 0.189. The summed E-state index contributed by atoms with van der Waals surface area (Å²) in [5.74, 6) is 0.722. The van der Waals surface area contributed by atoms with Crippen LogP contribution < -0.4 is 10.1 Å². The molecule has 0 fully saturated rings. The number of benzene rings is 1. The van der Waals surface area contributed by atoms with E-state index in [4.69, 9.17) is 4.74 Å². The normalized spacial score (nSPS) is 14.1. The summed E-state index contributed by atoms with van der Waals surface area (Å²) < 4.78 is 5.14. The van der Waals surface area contributed by atoms with Crippen molar-refractivity contribution in [3.63, 3.8) is 0 Å². The van der Waals surface area contributed by atoms with Crippen LogP contribution >= 0.6 is 0 Å². The minimum Gasteiger partial charge on any atom is -0.504 e. The lowest BCUT2D eigenvalue weighted by molar-refractivity contribution is 0.371. The van der Waals surface area contributed by atoms with Crippen molar-refractivity contribution in [2.75, 3.05) is 7.11 Å². The minimum absolute atomic E-state index is 0.189. The standard InChI is InChI=1S/C16H27NO2/c1-5-6-7-8-12(2)17-13(3)14-9-10-15(18)16(11-14)19-4/h9-13,17-18H,5-8H2,1-4H3. The van der Waals surface area contributed by atoms with Gasteiger partial charge in [0.15, 0.2) is 11.5 Å². The van der Waals surface area contributed by atoms with Crippen molar-refractivity contribution in [1.29, 1.82) is 0 Å². The Labute approximate surface area is 117 Å². The maximum absolute atomic E-state index is 9.60. The molecule has 1 aromatic carbocycles. The van der Waals surface area contributed by atoms with E-state index in [0.717, 1.165) is 5.56 Å². The summed E-state index contributed by atoms with van der Waals surface area (Å²) in [5.41, 5.74) is 1.14. The molecule has 1 aromatic rings. The molecule has 2 N–H and O–H groups in total. The highest BCUT2D eigenvalue weighted by Crippen LogP contribution is 2.29. The number of nitrogens with one attached hydrogen (secondary N) is 1. The number of phenolic OH excluding ortho intramolecular Hbond substituents is 1. The van der Waals surface area contributed by atoms with Gasteiger partial charge in [0.25, 0.3) is 0 Å². The zero-order valence-electron chi connectivity index (χ0n) is 12.6. The van der Waals surface area contributed by atoms with E-state index >= 15 is 0 Å². The van der Waals surface area contributed by atoms with E-state index < -0.39 is 0 Å². The van der Waals surface area contributed by atoms with Gasteiger partial charge >= 0.3 is 0 Å². The second-order valence-corrected chi connectivity index (χ2v) is 5.22. The monoisotopic (exact) mass is 265 g/mol. The molecule has 0 saturated carbocycles. The van der Waals surface area contributed by atoms with Gasteiger partial charge in [-0.1, -0.05) is 32.3 Å². The van der Waals surface area contributed by atoms with Crippen LogP contribution in [0.1, 0.15) is 58.1 Å². The maximum Gasteiger partial charge on any atom is 0.160 e. The molecule has 2 atom stereocenters. The van der Waals surface area contributed by atoms with E-state index in [9.17, 15) is 5.11 Å². The third-order valence-electron chi connectivity index (χ3n) is 3.48. The Balaban J connectivity index is 2.55. The highest BCUT2D eigenvalue weighted by molar-refractivity contribution is 5.42. The zero-order chi connectivity index (χ0) is 14.3. The molecule has 2 unspecified atom stereocenters. The number of aromatic hydroxyl groups is 1. The van der Waals surface area contributed by atoms with Gasteiger partial charge in [-0.15, -0.1) is 0 Å². The molecule has 0 saturated heterocycles. The van der Waals surface area contributed by atoms with Crippen LogP contribution in [-0.4, -0.2) is 18.3 Å². The Morgan fingerprint density at radius 2 is 2.00 bits per heavy atom. The molecule has 1 rings (SSSR count). The smallest absolute Gasteiger partial charge is 0.160 e. The molecule has 3 heteroatoms. The Bertz CT molecular complexity index is 379. The molecule has 0 spiro atoms. The van der Waals surface area contributed by atoms with E-state index in [1.807, 2.05) is 12.1 Å². The Morgan fingerprint density at radius 3 is 2.63 bits per heavy atom. The van der Waals surface area contributed by atoms with Crippen molar-refractivity contribution in [2.45, 2.75) is 58.5 Å². The first-order valence-electron chi connectivity index (χ1n) is 7.21. The fourth-order valence-corrected chi connectivity index (χ4v) is 2.27. The van der Waals surface area contributed by atoms with Crippen LogP contribution in [0.3, 0.4) is 0 Å². The topological polar surface area (TPSA) is 41.5 Å². The van der Waals surface area contributed by atoms with Crippen molar-refractivity contribution >= 4 is 0 Å². The van der Waals surface area contributed by atoms with Gasteiger partial charge in [0.1, 0.15) is 0 Å². The number of hydrogen-bond donors (Lipinski definition) is 2. The summed E-state index contributed by atoms with van der Waals surface area (Å²) in [7, 11) is 1.57. The largest absolute Gasteiger partial charge is 0.504 e. The van der Waals surface area contributed by atoms with Crippen LogP contribution in [0.5, 0.6) is 11.5 Å². The first-order valence-corrected chi connectivity index (χ1v) is 7.21. The Morgan fingerprint density at radius 1 is 1.26 bits per heavy atom. The van der Waals surface area contributed by atoms with Crippen molar-refractivity contribution in [3.8, 4) is 11.5 Å². The quantitative estimate of drug-likeness (QED) is 0.698. The second-order valence-electron chi connectivity index (χ2n) is 5.22. The molecule has 0 heterocycles. The lowest BCUT2D eigenvalue weighted by Gasteiger charge is -2.21. The predicted molar refractivity (Wildman–Crippen MR) is 79.8 cm³/mol. The molecular formula is C16H27NO2. The second kappa shape index (κ2) is 8.05. The molecule has 0 bridgehead atoms. The van der Waals surface area contributed by atoms with E-state index in [0.29, 0.717) is 11.8 Å². The van der Waals surface area contributed by atoms with Gasteiger partial charge < -0.3 is 15.2 Å². The zero-order valence-corrected chi connectivity index (χ0v) is 12.6. The first-order chi connectivity index (χ1) is 9.08. The number of methoxy groups -OCH3 is 1. The molecule has 0 aliphatic carbocycles. The highest BCUT2D eigenvalue weighted by atomic mass is 16.5. The van der Waals surface area contributed by atoms with Crippen molar-refractivity contribution in [2.24, 2.45) is 0 Å². The number of hydrogen-bond acceptors (Lipinski definition) is 3. The first kappa shape index (κ1) is 15.8. The van der Waals surface area contributed by atoms with E-state index in [1.165, 1.54) is 25.7 Å². The Kier molecular flexibility index (Phi) is 6.71. The van der Waals surface area contributed by atoms with Crippen LogP contribution in [-0.2, 0) is 0 Å². The van der Waals surface area contributed by atoms with Gasteiger partial charge in [0.05, 0.1) is 7.11 Å². The lowest BCUT2D eigenvalue weighted by Crippen LogP contribution is -2.28. The number of rotatable bonds is 8. The van der Waals surface area contributed by atoms with Gasteiger partial charge in [-0.25, -0.2) is 0 Å². The lowest BCUT2D eigenvalue weighted by atomic mass is 10.0. The molecule has 0 aromatic heterocycles. The number of ether oxygens (including phenoxy) is 1. The van der Waals surface area contributed by atoms with Gasteiger partial charge in [0.2, 0.25) is 0 Å². The van der Waals surface area contributed by atoms with Crippen LogP contribution in [0.15, 0.2) is 18.2 Å². The van der Waals surface area contributed by atoms with Crippen molar-refractivity contribution in [3.05, 3.63) is 23.8 Å². The molecule has 3 nitrogen and oxygen atoms in total. The maximum atomic E-state index is 9.60. The fourth-order valence-electron chi connectivity index (χ4n) is 2.27. The fraction of sp³-hybridized carbons (Fsp3) is 0.625. The summed E-state index contributed by atoms with van der Waals surface area (Å²) in [6.07, 6.45) is 5.04. The third-order valence-corrected chi connectivity index (χ3v) is 3.48. The summed E-state index contributed by atoms with van der Waals surface area (Å²) in [5, 5.41) is 13.2. The Hall–Kier alpha value is -1.22. The number of unbranched alkanes of at least 4 members (excludes halogenated alkanes) is 2. The highest BCUT2D eigenvalue weighted by Gasteiger charge is 2.11. The van der Waals surface area contributed by atoms with E-state index in [2.05, 4.69) is 26.1 Å². The number of phenols is 1. The van der Waals surface area contributed by atoms with Crippen molar-refractivity contribution < 1.29 is 9.84 Å².